The third-order valence-electron chi connectivity index (χ3n) is 6.21. The van der Waals surface area contributed by atoms with Crippen molar-refractivity contribution in [1.29, 1.82) is 0 Å². The van der Waals surface area contributed by atoms with E-state index in [0.717, 1.165) is 9.52 Å². The molecule has 0 spiro atoms. The smallest absolute Gasteiger partial charge is 0.358 e. The van der Waals surface area contributed by atoms with Gasteiger partial charge in [-0.25, -0.2) is 5.57 Å². The number of benzene rings is 4. The van der Waals surface area contributed by atoms with Crippen LogP contribution < -0.4 is 0 Å². The van der Waals surface area contributed by atoms with Crippen LogP contribution in [0.15, 0.2) is 115 Å². The van der Waals surface area contributed by atoms with Gasteiger partial charge in [0.2, 0.25) is 0 Å². The zero-order chi connectivity index (χ0) is 24.6. The van der Waals surface area contributed by atoms with E-state index in [-0.39, 0.29) is 40.7 Å². The van der Waals surface area contributed by atoms with Gasteiger partial charge < -0.3 is 14.9 Å². The van der Waals surface area contributed by atoms with Crippen LogP contribution in [0.3, 0.4) is 0 Å². The van der Waals surface area contributed by atoms with Gasteiger partial charge in [0.05, 0.1) is 0 Å². The summed E-state index contributed by atoms with van der Waals surface area (Å²) in [7, 11) is 1.08. The van der Waals surface area contributed by atoms with Gasteiger partial charge in [-0.2, -0.15) is 5.56 Å². The number of fused-ring (bicyclic) bond motifs is 2. The fraction of sp³-hybridized carbons (Fsp3) is 0.139. The van der Waals surface area contributed by atoms with Gasteiger partial charge in [0.1, 0.15) is 0 Å². The fourth-order valence-corrected chi connectivity index (χ4v) is 4.60. The average Bonchev–Trinajstić information content (AvgIpc) is 3.47. The molecule has 0 aliphatic heterocycles. The molecule has 2 radical (unpaired) electrons. The SMILES string of the molecule is CC1=[C-]C(C)c2ccccc21.C[Si]C.[CH3-].[CH3-].[Hf+4].c1ccc(-c2cc3c(-c4ccccc4)cccc3[cH-]2)cc1. The van der Waals surface area contributed by atoms with E-state index in [9.17, 15) is 0 Å². The topological polar surface area (TPSA) is 0 Å². The van der Waals surface area contributed by atoms with E-state index in [1.807, 2.05) is 0 Å². The molecule has 1 atom stereocenters. The summed E-state index contributed by atoms with van der Waals surface area (Å²) < 4.78 is 0. The Labute approximate surface area is 252 Å². The molecule has 38 heavy (non-hydrogen) atoms. The van der Waals surface area contributed by atoms with E-state index < -0.39 is 0 Å². The van der Waals surface area contributed by atoms with E-state index in [4.69, 9.17) is 0 Å². The Bertz CT molecular complexity index is 1400. The molecule has 1 unspecified atom stereocenters. The van der Waals surface area contributed by atoms with Crippen molar-refractivity contribution in [3.05, 3.63) is 147 Å². The predicted octanol–water partition coefficient (Wildman–Crippen LogP) is 10.6. The van der Waals surface area contributed by atoms with E-state index in [0.29, 0.717) is 5.92 Å². The van der Waals surface area contributed by atoms with Gasteiger partial charge in [0.15, 0.2) is 0 Å². The van der Waals surface area contributed by atoms with Crippen molar-refractivity contribution in [3.63, 3.8) is 0 Å². The normalized spacial score (nSPS) is 12.6. The van der Waals surface area contributed by atoms with Gasteiger partial charge in [0, 0.05) is 9.52 Å². The van der Waals surface area contributed by atoms with Crippen molar-refractivity contribution >= 4 is 25.9 Å². The van der Waals surface area contributed by atoms with Crippen LogP contribution in [0.1, 0.15) is 30.9 Å². The second-order valence-electron chi connectivity index (χ2n) is 8.86. The molecule has 190 valence electrons. The van der Waals surface area contributed by atoms with E-state index in [2.05, 4.69) is 148 Å². The summed E-state index contributed by atoms with van der Waals surface area (Å²) in [5.41, 5.74) is 9.23. The molecule has 1 aliphatic carbocycles. The molecule has 0 N–H and O–H groups in total. The Kier molecular flexibility index (Phi) is 14.3. The summed E-state index contributed by atoms with van der Waals surface area (Å²) in [6.07, 6.45) is 3.40. The van der Waals surface area contributed by atoms with Crippen LogP contribution in [0, 0.1) is 20.9 Å². The third kappa shape index (κ3) is 7.91. The number of hydrogen-bond acceptors (Lipinski definition) is 0. The van der Waals surface area contributed by atoms with E-state index in [1.54, 1.807) is 0 Å². The van der Waals surface area contributed by atoms with Crippen molar-refractivity contribution in [2.75, 3.05) is 0 Å². The summed E-state index contributed by atoms with van der Waals surface area (Å²) in [5, 5.41) is 2.62. The molecular weight excluding hydrogens is 639 g/mol. The molecule has 0 saturated heterocycles. The number of rotatable bonds is 2. The van der Waals surface area contributed by atoms with Crippen molar-refractivity contribution < 1.29 is 25.8 Å². The number of hydrogen-bond donors (Lipinski definition) is 0. The van der Waals surface area contributed by atoms with Gasteiger partial charge in [-0.05, 0) is 5.56 Å². The molecule has 0 fully saturated rings. The minimum absolute atomic E-state index is 0. The summed E-state index contributed by atoms with van der Waals surface area (Å²) >= 11 is 0. The van der Waals surface area contributed by atoms with Crippen LogP contribution in [-0.2, 0) is 25.8 Å². The van der Waals surface area contributed by atoms with Gasteiger partial charge in [-0.15, -0.1) is 46.2 Å². The Morgan fingerprint density at radius 1 is 0.684 bits per heavy atom. The average molecular weight is 677 g/mol. The minimum atomic E-state index is 0. The zero-order valence-electron chi connectivity index (χ0n) is 23.5. The van der Waals surface area contributed by atoms with Crippen LogP contribution in [0.25, 0.3) is 38.6 Å². The predicted molar refractivity (Wildman–Crippen MR) is 168 cm³/mol. The van der Waals surface area contributed by atoms with Crippen molar-refractivity contribution in [2.45, 2.75) is 32.9 Å². The van der Waals surface area contributed by atoms with Gasteiger partial charge in [-0.1, -0.05) is 135 Å². The first kappa shape index (κ1) is 33.3. The molecule has 0 saturated carbocycles. The van der Waals surface area contributed by atoms with Gasteiger partial charge in [-0.3, -0.25) is 6.08 Å². The Hall–Kier alpha value is -2.68. The summed E-state index contributed by atoms with van der Waals surface area (Å²) in [6, 6.07) is 40.8. The Morgan fingerprint density at radius 2 is 1.21 bits per heavy atom. The molecule has 0 amide bonds. The minimum Gasteiger partial charge on any atom is -0.358 e. The maximum absolute atomic E-state index is 3.40. The second-order valence-corrected chi connectivity index (χ2v) is 9.86. The maximum Gasteiger partial charge on any atom is 4.00 e. The van der Waals surface area contributed by atoms with Crippen molar-refractivity contribution in [2.24, 2.45) is 0 Å². The van der Waals surface area contributed by atoms with Crippen LogP contribution in [-0.4, -0.2) is 9.52 Å². The summed E-state index contributed by atoms with van der Waals surface area (Å²) in [5.74, 6) is 0.492. The second kappa shape index (κ2) is 16.3. The third-order valence-corrected chi connectivity index (χ3v) is 6.21. The quantitative estimate of drug-likeness (QED) is 0.129. The molecule has 6 rings (SSSR count). The van der Waals surface area contributed by atoms with Crippen LogP contribution in [0.2, 0.25) is 13.1 Å². The molecule has 0 aromatic heterocycles. The molecule has 0 heterocycles. The van der Waals surface area contributed by atoms with Crippen molar-refractivity contribution in [3.8, 4) is 22.3 Å². The van der Waals surface area contributed by atoms with Crippen LogP contribution in [0.4, 0.5) is 0 Å². The van der Waals surface area contributed by atoms with Crippen LogP contribution in [0.5, 0.6) is 0 Å². The maximum atomic E-state index is 3.40. The Balaban J connectivity index is 0.000000364. The molecule has 0 bridgehead atoms. The largest absolute Gasteiger partial charge is 4.00 e. The molecule has 1 aliphatic rings. The Morgan fingerprint density at radius 3 is 1.82 bits per heavy atom. The first-order valence-electron chi connectivity index (χ1n) is 12.2. The molecule has 0 nitrogen and oxygen atoms in total. The van der Waals surface area contributed by atoms with Crippen molar-refractivity contribution in [1.82, 2.24) is 0 Å². The molecular formula is C36H38HfSi. The van der Waals surface area contributed by atoms with E-state index in [1.165, 1.54) is 49.7 Å². The van der Waals surface area contributed by atoms with Gasteiger partial charge in [0.25, 0.3) is 0 Å². The molecule has 2 heteroatoms. The standard InChI is InChI=1S/C21H15.C11H11.C2H6Si.2CH3.Hf/c1-3-8-16(9-4-1)19-14-18-12-7-13-20(21(18)15-19)17-10-5-2-6-11-17;1-8-7-9(2)11-6-4-3-5-10(8)11;1-3-2;;;/h1-15H;3-6,8H,1-2H3;1-2H3;2*1H3;/q2*-1;;2*-1;+4. The van der Waals surface area contributed by atoms with Gasteiger partial charge >= 0.3 is 25.8 Å². The summed E-state index contributed by atoms with van der Waals surface area (Å²) in [4.78, 5) is 0. The zero-order valence-corrected chi connectivity index (χ0v) is 28.1. The summed E-state index contributed by atoms with van der Waals surface area (Å²) in [6.45, 7) is 8.62. The number of allylic oxidation sites excluding steroid dienone is 2. The monoisotopic (exact) mass is 678 g/mol. The fourth-order valence-electron chi connectivity index (χ4n) is 4.60. The van der Waals surface area contributed by atoms with Crippen LogP contribution >= 0.6 is 0 Å². The molecule has 5 aromatic carbocycles. The van der Waals surface area contributed by atoms with E-state index >= 15 is 0 Å². The first-order chi connectivity index (χ1) is 17.1. The first-order valence-corrected chi connectivity index (χ1v) is 14.2. The molecule has 5 aromatic rings.